The summed E-state index contributed by atoms with van der Waals surface area (Å²) in [6.45, 7) is 0. The Morgan fingerprint density at radius 2 is 2.07 bits per heavy atom. The van der Waals surface area contributed by atoms with Gasteiger partial charge in [-0.1, -0.05) is 6.07 Å². The van der Waals surface area contributed by atoms with Gasteiger partial charge in [-0.15, -0.1) is 0 Å². The minimum absolute atomic E-state index is 0.136. The molecule has 6 nitrogen and oxygen atoms in total. The zero-order valence-corrected chi connectivity index (χ0v) is 7.44. The molecular formula is C9H6N2O4. The number of carbonyl (C=O) groups is 3. The van der Waals surface area contributed by atoms with E-state index in [1.807, 2.05) is 5.48 Å². The number of rotatable bonds is 3. The highest BCUT2D eigenvalue weighted by Crippen LogP contribution is 2.25. The highest BCUT2D eigenvalue weighted by Gasteiger charge is 2.30. The van der Waals surface area contributed by atoms with Crippen LogP contribution in [0.3, 0.4) is 0 Å². The van der Waals surface area contributed by atoms with E-state index in [1.54, 1.807) is 6.07 Å². The number of hydrogen-bond donors (Lipinski definition) is 2. The average molecular weight is 206 g/mol. The van der Waals surface area contributed by atoms with Crippen LogP contribution in [0.5, 0.6) is 5.75 Å². The lowest BCUT2D eigenvalue weighted by atomic mass is 10.1. The van der Waals surface area contributed by atoms with Crippen molar-refractivity contribution in [2.45, 2.75) is 0 Å². The largest absolute Gasteiger partial charge is 0.379 e. The number of nitrogens with one attached hydrogen (secondary N) is 2. The van der Waals surface area contributed by atoms with Gasteiger partial charge >= 0.3 is 0 Å². The maximum Gasteiger partial charge on any atom is 0.262 e. The van der Waals surface area contributed by atoms with Crippen LogP contribution in [0.15, 0.2) is 18.2 Å². The Balaban J connectivity index is 2.45. The SMILES string of the molecule is O=CNOc1cccc2c1C(=O)NC2=O. The van der Waals surface area contributed by atoms with Crippen molar-refractivity contribution in [3.8, 4) is 5.75 Å². The summed E-state index contributed by atoms with van der Waals surface area (Å²) in [6.07, 6.45) is 0.327. The van der Waals surface area contributed by atoms with Crippen molar-refractivity contribution >= 4 is 18.2 Å². The van der Waals surface area contributed by atoms with Crippen LogP contribution in [0.25, 0.3) is 0 Å². The van der Waals surface area contributed by atoms with E-state index in [0.29, 0.717) is 6.41 Å². The number of imide groups is 1. The third kappa shape index (κ3) is 1.41. The van der Waals surface area contributed by atoms with E-state index >= 15 is 0 Å². The minimum Gasteiger partial charge on any atom is -0.379 e. The molecule has 1 heterocycles. The summed E-state index contributed by atoms with van der Waals surface area (Å²) in [6, 6.07) is 4.54. The lowest BCUT2D eigenvalue weighted by Crippen LogP contribution is -2.21. The summed E-state index contributed by atoms with van der Waals surface area (Å²) in [4.78, 5) is 37.4. The highest BCUT2D eigenvalue weighted by atomic mass is 16.7. The Hall–Kier alpha value is -2.37. The molecule has 0 aliphatic carbocycles. The molecule has 6 heteroatoms. The summed E-state index contributed by atoms with van der Waals surface area (Å²) in [5.41, 5.74) is 2.33. The van der Waals surface area contributed by atoms with E-state index in [2.05, 4.69) is 5.32 Å². The van der Waals surface area contributed by atoms with Crippen LogP contribution in [0, 0.1) is 0 Å². The van der Waals surface area contributed by atoms with Crippen LogP contribution in [0.1, 0.15) is 20.7 Å². The Morgan fingerprint density at radius 3 is 2.80 bits per heavy atom. The van der Waals surface area contributed by atoms with Gasteiger partial charge in [0.2, 0.25) is 6.41 Å². The fraction of sp³-hybridized carbons (Fsp3) is 0. The van der Waals surface area contributed by atoms with Gasteiger partial charge in [0.1, 0.15) is 0 Å². The van der Waals surface area contributed by atoms with Crippen molar-refractivity contribution in [2.75, 3.05) is 0 Å². The number of amides is 3. The van der Waals surface area contributed by atoms with E-state index in [9.17, 15) is 14.4 Å². The van der Waals surface area contributed by atoms with Crippen molar-refractivity contribution in [1.29, 1.82) is 0 Å². The maximum atomic E-state index is 11.3. The van der Waals surface area contributed by atoms with Crippen LogP contribution in [-0.2, 0) is 4.79 Å². The Labute approximate surface area is 84.2 Å². The molecule has 0 spiro atoms. The van der Waals surface area contributed by atoms with Crippen LogP contribution in [-0.4, -0.2) is 18.2 Å². The number of carbonyl (C=O) groups excluding carboxylic acids is 3. The van der Waals surface area contributed by atoms with Crippen molar-refractivity contribution in [3.05, 3.63) is 29.3 Å². The second-order valence-electron chi connectivity index (χ2n) is 2.80. The highest BCUT2D eigenvalue weighted by molar-refractivity contribution is 6.22. The molecule has 76 valence electrons. The van der Waals surface area contributed by atoms with Crippen LogP contribution in [0.4, 0.5) is 0 Å². The molecule has 0 bridgehead atoms. The zero-order chi connectivity index (χ0) is 10.8. The molecule has 0 atom stereocenters. The summed E-state index contributed by atoms with van der Waals surface area (Å²) in [5.74, 6) is -0.854. The third-order valence-corrected chi connectivity index (χ3v) is 1.94. The second kappa shape index (κ2) is 3.41. The van der Waals surface area contributed by atoms with E-state index in [4.69, 9.17) is 4.84 Å². The van der Waals surface area contributed by atoms with Crippen molar-refractivity contribution < 1.29 is 19.2 Å². The predicted octanol–water partition coefficient (Wildman–Crippen LogP) is -0.390. The quantitative estimate of drug-likeness (QED) is 0.400. The van der Waals surface area contributed by atoms with Gasteiger partial charge in [-0.2, -0.15) is 5.48 Å². The van der Waals surface area contributed by atoms with Crippen molar-refractivity contribution in [2.24, 2.45) is 0 Å². The van der Waals surface area contributed by atoms with Gasteiger partial charge in [-0.3, -0.25) is 19.7 Å². The van der Waals surface area contributed by atoms with Gasteiger partial charge in [-0.05, 0) is 12.1 Å². The molecule has 0 saturated heterocycles. The molecule has 2 N–H and O–H groups in total. The monoisotopic (exact) mass is 206 g/mol. The molecule has 1 aliphatic heterocycles. The third-order valence-electron chi connectivity index (χ3n) is 1.94. The Kier molecular flexibility index (Phi) is 2.09. The number of benzene rings is 1. The maximum absolute atomic E-state index is 11.3. The first-order valence-electron chi connectivity index (χ1n) is 4.08. The second-order valence-corrected chi connectivity index (χ2v) is 2.80. The fourth-order valence-electron chi connectivity index (χ4n) is 1.36. The molecule has 0 saturated carbocycles. The Morgan fingerprint density at radius 1 is 1.27 bits per heavy atom. The molecule has 0 fully saturated rings. The molecule has 0 aromatic heterocycles. The van der Waals surface area contributed by atoms with Gasteiger partial charge in [-0.25, -0.2) is 0 Å². The lowest BCUT2D eigenvalue weighted by Gasteiger charge is -2.04. The van der Waals surface area contributed by atoms with Gasteiger partial charge < -0.3 is 4.84 Å². The van der Waals surface area contributed by atoms with E-state index < -0.39 is 11.8 Å². The van der Waals surface area contributed by atoms with Gasteiger partial charge in [0.25, 0.3) is 11.8 Å². The topological polar surface area (TPSA) is 84.5 Å². The molecule has 0 unspecified atom stereocenters. The summed E-state index contributed by atoms with van der Waals surface area (Å²) in [5, 5.41) is 2.13. The molecule has 2 rings (SSSR count). The molecule has 15 heavy (non-hydrogen) atoms. The number of hydrogen-bond acceptors (Lipinski definition) is 4. The smallest absolute Gasteiger partial charge is 0.262 e. The number of fused-ring (bicyclic) bond motifs is 1. The summed E-state index contributed by atoms with van der Waals surface area (Å²) < 4.78 is 0. The zero-order valence-electron chi connectivity index (χ0n) is 7.44. The van der Waals surface area contributed by atoms with Crippen LogP contribution < -0.4 is 15.6 Å². The minimum atomic E-state index is -0.529. The summed E-state index contributed by atoms with van der Waals surface area (Å²) >= 11 is 0. The van der Waals surface area contributed by atoms with E-state index in [-0.39, 0.29) is 16.9 Å². The fourth-order valence-corrected chi connectivity index (χ4v) is 1.36. The van der Waals surface area contributed by atoms with Crippen LogP contribution in [0.2, 0.25) is 0 Å². The van der Waals surface area contributed by atoms with Crippen molar-refractivity contribution in [3.63, 3.8) is 0 Å². The standard InChI is InChI=1S/C9H6N2O4/c12-4-10-15-6-3-1-2-5-7(6)9(14)11-8(5)13/h1-4H,(H,10,12)(H,11,13,14). The molecular weight excluding hydrogens is 200 g/mol. The molecule has 3 amide bonds. The molecule has 0 radical (unpaired) electrons. The lowest BCUT2D eigenvalue weighted by molar-refractivity contribution is -0.115. The van der Waals surface area contributed by atoms with Gasteiger partial charge in [0.05, 0.1) is 11.1 Å². The summed E-state index contributed by atoms with van der Waals surface area (Å²) in [7, 11) is 0. The molecule has 1 aromatic rings. The first-order valence-corrected chi connectivity index (χ1v) is 4.08. The average Bonchev–Trinajstić information content (AvgIpc) is 2.53. The van der Waals surface area contributed by atoms with Crippen molar-refractivity contribution in [1.82, 2.24) is 10.8 Å². The number of hydroxylamine groups is 1. The van der Waals surface area contributed by atoms with Gasteiger partial charge in [0, 0.05) is 0 Å². The first-order chi connectivity index (χ1) is 7.24. The van der Waals surface area contributed by atoms with E-state index in [1.165, 1.54) is 12.1 Å². The first kappa shape index (κ1) is 9.20. The predicted molar refractivity (Wildman–Crippen MR) is 48.1 cm³/mol. The normalized spacial score (nSPS) is 13.1. The van der Waals surface area contributed by atoms with Gasteiger partial charge in [0.15, 0.2) is 5.75 Å². The Bertz CT molecular complexity index is 455. The van der Waals surface area contributed by atoms with E-state index in [0.717, 1.165) is 0 Å². The molecule has 1 aliphatic rings. The molecule has 1 aromatic carbocycles. The van der Waals surface area contributed by atoms with Crippen LogP contribution >= 0.6 is 0 Å².